The van der Waals surface area contributed by atoms with E-state index in [9.17, 15) is 8.78 Å². The number of hydrogen-bond acceptors (Lipinski definition) is 1. The number of para-hydroxylation sites is 1. The number of alkyl halides is 2. The second-order valence-corrected chi connectivity index (χ2v) is 4.90. The lowest BCUT2D eigenvalue weighted by Gasteiger charge is -2.11. The topological polar surface area (TPSA) is 30.9 Å². The molecule has 1 atom stereocenters. The van der Waals surface area contributed by atoms with Crippen LogP contribution in [0.25, 0.3) is 21.8 Å². The zero-order valence-electron chi connectivity index (χ0n) is 11.6. The van der Waals surface area contributed by atoms with E-state index in [0.29, 0.717) is 5.56 Å². The highest BCUT2D eigenvalue weighted by atomic mass is 35.5. The molecule has 0 aliphatic heterocycles. The van der Waals surface area contributed by atoms with Gasteiger partial charge in [0.15, 0.2) is 0 Å². The van der Waals surface area contributed by atoms with Crippen molar-refractivity contribution < 1.29 is 8.78 Å². The van der Waals surface area contributed by atoms with Crippen LogP contribution in [0.5, 0.6) is 0 Å². The average Bonchev–Trinajstić information content (AvgIpc) is 2.79. The Morgan fingerprint density at radius 3 is 2.38 bits per heavy atom. The maximum atomic E-state index is 12.8. The molecule has 2 N–H and O–H groups in total. The third-order valence-electron chi connectivity index (χ3n) is 3.77. The lowest BCUT2D eigenvalue weighted by atomic mass is 10.0. The van der Waals surface area contributed by atoms with Crippen molar-refractivity contribution in [2.45, 2.75) is 25.9 Å². The summed E-state index contributed by atoms with van der Waals surface area (Å²) >= 11 is 0. The summed E-state index contributed by atoms with van der Waals surface area (Å²) in [6.07, 6.45) is -2.55. The summed E-state index contributed by atoms with van der Waals surface area (Å²) in [7, 11) is 0. The summed E-state index contributed by atoms with van der Waals surface area (Å²) in [5.41, 5.74) is 8.21. The highest BCUT2D eigenvalue weighted by Gasteiger charge is 2.19. The van der Waals surface area contributed by atoms with Crippen molar-refractivity contribution in [3.8, 4) is 0 Å². The van der Waals surface area contributed by atoms with E-state index in [2.05, 4.69) is 11.5 Å². The van der Waals surface area contributed by atoms with Crippen LogP contribution in [0.2, 0.25) is 0 Å². The Morgan fingerprint density at radius 1 is 1.05 bits per heavy atom. The Kier molecular flexibility index (Phi) is 4.49. The fraction of sp³-hybridized carbons (Fsp3) is 0.250. The van der Waals surface area contributed by atoms with Gasteiger partial charge in [0, 0.05) is 28.4 Å². The number of fused-ring (bicyclic) bond motifs is 3. The van der Waals surface area contributed by atoms with E-state index in [4.69, 9.17) is 5.73 Å². The van der Waals surface area contributed by atoms with E-state index in [1.54, 1.807) is 12.1 Å². The Morgan fingerprint density at radius 2 is 1.71 bits per heavy atom. The molecule has 0 saturated carbocycles. The minimum absolute atomic E-state index is 0. The van der Waals surface area contributed by atoms with E-state index in [1.165, 1.54) is 0 Å². The lowest BCUT2D eigenvalue weighted by molar-refractivity contribution is 0.116. The van der Waals surface area contributed by atoms with Crippen LogP contribution in [0.1, 0.15) is 18.5 Å². The van der Waals surface area contributed by atoms with Gasteiger partial charge in [0.25, 0.3) is 6.43 Å². The lowest BCUT2D eigenvalue weighted by Crippen LogP contribution is -2.18. The maximum Gasteiger partial charge on any atom is 0.257 e. The number of nitrogens with zero attached hydrogens (tertiary/aromatic N) is 1. The van der Waals surface area contributed by atoms with Gasteiger partial charge in [-0.2, -0.15) is 0 Å². The van der Waals surface area contributed by atoms with Gasteiger partial charge in [-0.05, 0) is 30.7 Å². The smallest absolute Gasteiger partial charge is 0.257 e. The SMILES string of the molecule is CCn1c2ccccc2c2cc([C@H](N)C(F)F)ccc21.Cl. The van der Waals surface area contributed by atoms with Crippen molar-refractivity contribution in [1.29, 1.82) is 0 Å². The molecule has 0 spiro atoms. The number of benzene rings is 2. The predicted molar refractivity (Wildman–Crippen MR) is 85.3 cm³/mol. The molecule has 21 heavy (non-hydrogen) atoms. The monoisotopic (exact) mass is 310 g/mol. The van der Waals surface area contributed by atoms with Gasteiger partial charge in [-0.3, -0.25) is 0 Å². The highest BCUT2D eigenvalue weighted by Crippen LogP contribution is 2.31. The second kappa shape index (κ2) is 6.00. The number of rotatable bonds is 3. The van der Waals surface area contributed by atoms with Gasteiger partial charge in [-0.15, -0.1) is 12.4 Å². The predicted octanol–water partition coefficient (Wildman–Crippen LogP) is 4.50. The molecule has 0 saturated heterocycles. The molecular weight excluding hydrogens is 294 g/mol. The normalized spacial score (nSPS) is 12.8. The minimum atomic E-state index is -2.55. The first-order valence-electron chi connectivity index (χ1n) is 6.68. The molecule has 0 aliphatic carbocycles. The van der Waals surface area contributed by atoms with Gasteiger partial charge in [0.2, 0.25) is 0 Å². The molecule has 3 aromatic rings. The van der Waals surface area contributed by atoms with E-state index in [1.807, 2.05) is 30.3 Å². The van der Waals surface area contributed by atoms with E-state index in [0.717, 1.165) is 28.4 Å². The van der Waals surface area contributed by atoms with Crippen LogP contribution >= 0.6 is 12.4 Å². The largest absolute Gasteiger partial charge is 0.341 e. The number of nitrogens with two attached hydrogens (primary N) is 1. The summed E-state index contributed by atoms with van der Waals surface area (Å²) < 4.78 is 27.7. The van der Waals surface area contributed by atoms with Crippen LogP contribution in [0.4, 0.5) is 8.78 Å². The Bertz CT molecular complexity index is 767. The minimum Gasteiger partial charge on any atom is -0.341 e. The molecule has 1 aromatic heterocycles. The van der Waals surface area contributed by atoms with E-state index < -0.39 is 12.5 Å². The molecule has 0 unspecified atom stereocenters. The number of hydrogen-bond donors (Lipinski definition) is 1. The fourth-order valence-corrected chi connectivity index (χ4v) is 2.76. The van der Waals surface area contributed by atoms with Crippen molar-refractivity contribution in [2.24, 2.45) is 5.73 Å². The molecule has 0 aliphatic rings. The zero-order chi connectivity index (χ0) is 14.3. The highest BCUT2D eigenvalue weighted by molar-refractivity contribution is 6.08. The molecule has 0 radical (unpaired) electrons. The number of halogens is 3. The average molecular weight is 311 g/mol. The van der Waals surface area contributed by atoms with Gasteiger partial charge < -0.3 is 10.3 Å². The third kappa shape index (κ3) is 2.49. The standard InChI is InChI=1S/C16H16F2N2.ClH/c1-2-20-13-6-4-3-5-11(13)12-9-10(7-8-14(12)20)15(19)16(17)18;/h3-9,15-16H,2,19H2,1H3;1H/t15-;/m0./s1. The Hall–Kier alpha value is -1.65. The number of aryl methyl sites for hydroxylation is 1. The Labute approximate surface area is 127 Å². The summed E-state index contributed by atoms with van der Waals surface area (Å²) in [6.45, 7) is 2.91. The van der Waals surface area contributed by atoms with Gasteiger partial charge in [-0.25, -0.2) is 8.78 Å². The molecule has 0 amide bonds. The van der Waals surface area contributed by atoms with E-state index in [-0.39, 0.29) is 12.4 Å². The van der Waals surface area contributed by atoms with Crippen molar-refractivity contribution in [1.82, 2.24) is 4.57 Å². The molecule has 1 heterocycles. The first-order chi connectivity index (χ1) is 9.63. The molecule has 112 valence electrons. The Balaban J connectivity index is 0.00000161. The van der Waals surface area contributed by atoms with Crippen molar-refractivity contribution in [3.05, 3.63) is 48.0 Å². The van der Waals surface area contributed by atoms with Gasteiger partial charge in [-0.1, -0.05) is 24.3 Å². The van der Waals surface area contributed by atoms with Crippen LogP contribution < -0.4 is 5.73 Å². The summed E-state index contributed by atoms with van der Waals surface area (Å²) in [5, 5.41) is 2.06. The number of aromatic nitrogens is 1. The molecule has 0 fully saturated rings. The van der Waals surface area contributed by atoms with Gasteiger partial charge in [0.05, 0.1) is 6.04 Å². The van der Waals surface area contributed by atoms with Gasteiger partial charge in [0.1, 0.15) is 0 Å². The first kappa shape index (κ1) is 15.7. The van der Waals surface area contributed by atoms with Crippen molar-refractivity contribution in [3.63, 3.8) is 0 Å². The zero-order valence-corrected chi connectivity index (χ0v) is 12.4. The molecule has 0 bridgehead atoms. The third-order valence-corrected chi connectivity index (χ3v) is 3.77. The first-order valence-corrected chi connectivity index (χ1v) is 6.68. The molecule has 5 heteroatoms. The fourth-order valence-electron chi connectivity index (χ4n) is 2.76. The molecule has 2 aromatic carbocycles. The molecule has 3 rings (SSSR count). The summed E-state index contributed by atoms with van der Waals surface area (Å²) in [4.78, 5) is 0. The van der Waals surface area contributed by atoms with Crippen LogP contribution in [0.3, 0.4) is 0 Å². The van der Waals surface area contributed by atoms with Crippen LogP contribution in [-0.4, -0.2) is 11.0 Å². The van der Waals surface area contributed by atoms with E-state index >= 15 is 0 Å². The summed E-state index contributed by atoms with van der Waals surface area (Å²) in [6, 6.07) is 12.2. The van der Waals surface area contributed by atoms with Crippen LogP contribution in [0, 0.1) is 0 Å². The van der Waals surface area contributed by atoms with Gasteiger partial charge >= 0.3 is 0 Å². The van der Waals surface area contributed by atoms with Crippen LogP contribution in [-0.2, 0) is 6.54 Å². The second-order valence-electron chi connectivity index (χ2n) is 4.90. The molecule has 2 nitrogen and oxygen atoms in total. The molecular formula is C16H17ClF2N2. The quantitative estimate of drug-likeness (QED) is 0.758. The summed E-state index contributed by atoms with van der Waals surface area (Å²) in [5.74, 6) is 0. The van der Waals surface area contributed by atoms with Crippen molar-refractivity contribution in [2.75, 3.05) is 0 Å². The van der Waals surface area contributed by atoms with Crippen molar-refractivity contribution >= 4 is 34.2 Å². The van der Waals surface area contributed by atoms with Crippen LogP contribution in [0.15, 0.2) is 42.5 Å². The maximum absolute atomic E-state index is 12.8.